The normalized spacial score (nSPS) is 20.0. The van der Waals surface area contributed by atoms with Crippen LogP contribution in [0.15, 0.2) is 41.4 Å². The number of hydrogen-bond acceptors (Lipinski definition) is 4. The van der Waals surface area contributed by atoms with Crippen molar-refractivity contribution in [3.8, 4) is 0 Å². The van der Waals surface area contributed by atoms with Crippen LogP contribution in [-0.2, 0) is 10.0 Å². The van der Waals surface area contributed by atoms with Gasteiger partial charge in [-0.25, -0.2) is 13.1 Å². The molecule has 0 bridgehead atoms. The fraction of sp³-hybridized carbons (Fsp3) is 0.526. The summed E-state index contributed by atoms with van der Waals surface area (Å²) in [6, 6.07) is 8.86. The summed E-state index contributed by atoms with van der Waals surface area (Å²) in [4.78, 5) is 6.96. The minimum absolute atomic E-state index is 0.127. The van der Waals surface area contributed by atoms with Gasteiger partial charge in [-0.1, -0.05) is 12.1 Å². The van der Waals surface area contributed by atoms with Gasteiger partial charge in [0.15, 0.2) is 0 Å². The quantitative estimate of drug-likeness (QED) is 0.909. The van der Waals surface area contributed by atoms with E-state index in [0.29, 0.717) is 18.0 Å². The summed E-state index contributed by atoms with van der Waals surface area (Å²) in [5.41, 5.74) is 0.823. The molecule has 0 aliphatic carbocycles. The summed E-state index contributed by atoms with van der Waals surface area (Å²) in [6.45, 7) is 9.13. The topological polar surface area (TPSA) is 62.3 Å². The molecule has 1 N–H and O–H groups in total. The van der Waals surface area contributed by atoms with Crippen LogP contribution in [0.3, 0.4) is 0 Å². The predicted octanol–water partition coefficient (Wildman–Crippen LogP) is 3.02. The summed E-state index contributed by atoms with van der Waals surface area (Å²) in [7, 11) is -3.51. The average Bonchev–Trinajstić information content (AvgIpc) is 2.59. The highest BCUT2D eigenvalue weighted by Gasteiger charge is 2.28. The molecule has 5 nitrogen and oxygen atoms in total. The van der Waals surface area contributed by atoms with E-state index in [1.165, 1.54) is 0 Å². The number of benzene rings is 1. The lowest BCUT2D eigenvalue weighted by molar-refractivity contribution is 0.0804. The molecule has 0 radical (unpaired) electrons. The van der Waals surface area contributed by atoms with E-state index in [1.54, 1.807) is 24.4 Å². The SMILES string of the molecule is CC(C)(C)N1CCCC(CNS(=O)(=O)c2ccc3cccnc3c2)C1. The summed E-state index contributed by atoms with van der Waals surface area (Å²) in [5, 5.41) is 0.939. The number of nitrogens with one attached hydrogen (secondary N) is 1. The van der Waals surface area contributed by atoms with Crippen molar-refractivity contribution in [2.75, 3.05) is 19.6 Å². The molecule has 1 aromatic carbocycles. The van der Waals surface area contributed by atoms with Crippen molar-refractivity contribution in [1.82, 2.24) is 14.6 Å². The first-order valence-electron chi connectivity index (χ1n) is 8.85. The van der Waals surface area contributed by atoms with Gasteiger partial charge >= 0.3 is 0 Å². The highest BCUT2D eigenvalue weighted by Crippen LogP contribution is 2.24. The smallest absolute Gasteiger partial charge is 0.240 e. The summed E-state index contributed by atoms with van der Waals surface area (Å²) in [5.74, 6) is 0.348. The molecule has 1 saturated heterocycles. The fourth-order valence-corrected chi connectivity index (χ4v) is 4.50. The van der Waals surface area contributed by atoms with Crippen molar-refractivity contribution in [2.45, 2.75) is 44.0 Å². The van der Waals surface area contributed by atoms with Crippen LogP contribution in [0.2, 0.25) is 0 Å². The third-order valence-corrected chi connectivity index (χ3v) is 6.34. The van der Waals surface area contributed by atoms with Crippen LogP contribution in [0, 0.1) is 5.92 Å². The largest absolute Gasteiger partial charge is 0.298 e. The highest BCUT2D eigenvalue weighted by atomic mass is 32.2. The van der Waals surface area contributed by atoms with Crippen molar-refractivity contribution >= 4 is 20.9 Å². The molecule has 2 aromatic rings. The molecule has 136 valence electrons. The molecule has 25 heavy (non-hydrogen) atoms. The Labute approximate surface area is 150 Å². The third-order valence-electron chi connectivity index (χ3n) is 4.92. The number of hydrogen-bond donors (Lipinski definition) is 1. The van der Waals surface area contributed by atoms with Gasteiger partial charge in [0.25, 0.3) is 0 Å². The highest BCUT2D eigenvalue weighted by molar-refractivity contribution is 7.89. The molecule has 1 atom stereocenters. The number of rotatable bonds is 4. The van der Waals surface area contributed by atoms with Gasteiger partial charge in [0.1, 0.15) is 0 Å². The molecule has 1 fully saturated rings. The van der Waals surface area contributed by atoms with Crippen LogP contribution < -0.4 is 4.72 Å². The summed E-state index contributed by atoms with van der Waals surface area (Å²) >= 11 is 0. The summed E-state index contributed by atoms with van der Waals surface area (Å²) in [6.07, 6.45) is 3.85. The Morgan fingerprint density at radius 1 is 1.28 bits per heavy atom. The van der Waals surface area contributed by atoms with E-state index < -0.39 is 10.0 Å². The maximum Gasteiger partial charge on any atom is 0.240 e. The lowest BCUT2D eigenvalue weighted by atomic mass is 9.94. The number of aromatic nitrogens is 1. The molecule has 1 aliphatic rings. The van der Waals surface area contributed by atoms with Crippen molar-refractivity contribution in [1.29, 1.82) is 0 Å². The maximum atomic E-state index is 12.6. The van der Waals surface area contributed by atoms with E-state index in [1.807, 2.05) is 12.1 Å². The van der Waals surface area contributed by atoms with Gasteiger partial charge in [0.2, 0.25) is 10.0 Å². The van der Waals surface area contributed by atoms with Crippen LogP contribution in [0.4, 0.5) is 0 Å². The zero-order chi connectivity index (χ0) is 18.1. The first-order valence-corrected chi connectivity index (χ1v) is 10.3. The Bertz CT molecular complexity index is 843. The molecule has 0 saturated carbocycles. The van der Waals surface area contributed by atoms with Gasteiger partial charge in [0.05, 0.1) is 10.4 Å². The zero-order valence-corrected chi connectivity index (χ0v) is 16.0. The fourth-order valence-electron chi connectivity index (χ4n) is 3.37. The summed E-state index contributed by atoms with van der Waals surface area (Å²) < 4.78 is 28.1. The average molecular weight is 362 g/mol. The predicted molar refractivity (Wildman–Crippen MR) is 101 cm³/mol. The Hall–Kier alpha value is -1.50. The van der Waals surface area contributed by atoms with Crippen LogP contribution in [0.1, 0.15) is 33.6 Å². The molecule has 0 spiro atoms. The van der Waals surface area contributed by atoms with Gasteiger partial charge in [-0.05, 0) is 64.3 Å². The number of pyridine rings is 1. The molecule has 0 amide bonds. The Morgan fingerprint density at radius 2 is 2.08 bits per heavy atom. The van der Waals surface area contributed by atoms with Crippen molar-refractivity contribution in [3.05, 3.63) is 36.5 Å². The van der Waals surface area contributed by atoms with Crippen molar-refractivity contribution in [2.24, 2.45) is 5.92 Å². The standard InChI is InChI=1S/C19H27N3O2S/c1-19(2,3)22-11-5-6-15(14-22)13-21-25(23,24)17-9-8-16-7-4-10-20-18(16)12-17/h4,7-10,12,15,21H,5-6,11,13-14H2,1-3H3. The number of piperidine rings is 1. The number of fused-ring (bicyclic) bond motifs is 1. The molecule has 1 unspecified atom stereocenters. The lowest BCUT2D eigenvalue weighted by Gasteiger charge is -2.41. The number of sulfonamides is 1. The maximum absolute atomic E-state index is 12.6. The van der Waals surface area contributed by atoms with E-state index in [9.17, 15) is 8.42 Å². The van der Waals surface area contributed by atoms with Gasteiger partial charge < -0.3 is 0 Å². The number of likely N-dealkylation sites (tertiary alicyclic amines) is 1. The third kappa shape index (κ3) is 4.37. The lowest BCUT2D eigenvalue weighted by Crippen LogP contribution is -2.49. The minimum atomic E-state index is -3.51. The van der Waals surface area contributed by atoms with Crippen LogP contribution in [0.25, 0.3) is 10.9 Å². The Kier molecular flexibility index (Phi) is 5.14. The first-order chi connectivity index (χ1) is 11.8. The van der Waals surface area contributed by atoms with E-state index in [2.05, 4.69) is 35.4 Å². The van der Waals surface area contributed by atoms with Crippen LogP contribution in [-0.4, -0.2) is 43.5 Å². The molecule has 2 heterocycles. The second kappa shape index (κ2) is 7.02. The minimum Gasteiger partial charge on any atom is -0.298 e. The van der Waals surface area contributed by atoms with Crippen LogP contribution >= 0.6 is 0 Å². The van der Waals surface area contributed by atoms with Crippen molar-refractivity contribution < 1.29 is 8.42 Å². The molecule has 1 aliphatic heterocycles. The van der Waals surface area contributed by atoms with Gasteiger partial charge in [-0.3, -0.25) is 9.88 Å². The van der Waals surface area contributed by atoms with E-state index >= 15 is 0 Å². The molecule has 6 heteroatoms. The molecule has 1 aromatic heterocycles. The Morgan fingerprint density at radius 3 is 2.84 bits per heavy atom. The number of nitrogens with zero attached hydrogens (tertiary/aromatic N) is 2. The van der Waals surface area contributed by atoms with E-state index in [4.69, 9.17) is 0 Å². The van der Waals surface area contributed by atoms with Gasteiger partial charge in [0, 0.05) is 30.2 Å². The van der Waals surface area contributed by atoms with E-state index in [0.717, 1.165) is 31.3 Å². The van der Waals surface area contributed by atoms with Crippen LogP contribution in [0.5, 0.6) is 0 Å². The molecular formula is C19H27N3O2S. The monoisotopic (exact) mass is 361 g/mol. The molecule has 3 rings (SSSR count). The molecular weight excluding hydrogens is 334 g/mol. The first kappa shape index (κ1) is 18.3. The second-order valence-corrected chi connectivity index (χ2v) is 9.60. The van der Waals surface area contributed by atoms with E-state index in [-0.39, 0.29) is 10.4 Å². The zero-order valence-electron chi connectivity index (χ0n) is 15.2. The van der Waals surface area contributed by atoms with Crippen molar-refractivity contribution in [3.63, 3.8) is 0 Å². The second-order valence-electron chi connectivity index (χ2n) is 7.83. The Balaban J connectivity index is 1.68. The van der Waals surface area contributed by atoms with Gasteiger partial charge in [-0.15, -0.1) is 0 Å². The van der Waals surface area contributed by atoms with Gasteiger partial charge in [-0.2, -0.15) is 0 Å².